The second kappa shape index (κ2) is 19.1. The SMILES string of the molecule is CC(C)C(NC(=O)C(CC(=O)O)NC(=O)OC(C)(C)C)C(=O)NC(CC(N)=O)C(=O)NCC(=O)NC(CC(=O)O)C(=O)NCC(=O)O. The van der Waals surface area contributed by atoms with E-state index >= 15 is 0 Å². The van der Waals surface area contributed by atoms with Crippen molar-refractivity contribution in [3.05, 3.63) is 0 Å². The van der Waals surface area contributed by atoms with E-state index in [1.54, 1.807) is 0 Å². The van der Waals surface area contributed by atoms with E-state index in [0.717, 1.165) is 0 Å². The van der Waals surface area contributed by atoms with E-state index in [4.69, 9.17) is 20.7 Å². The smallest absolute Gasteiger partial charge is 0.408 e. The van der Waals surface area contributed by atoms with E-state index in [2.05, 4.69) is 21.3 Å². The number of aliphatic carboxylic acids is 3. The summed E-state index contributed by atoms with van der Waals surface area (Å²) in [5.74, 6) is -11.7. The molecule has 0 aromatic rings. The molecular formula is C26H41N7O14. The fourth-order valence-electron chi connectivity index (χ4n) is 3.50. The Morgan fingerprint density at radius 1 is 0.617 bits per heavy atom. The first-order valence-electron chi connectivity index (χ1n) is 13.9. The lowest BCUT2D eigenvalue weighted by atomic mass is 10.0. The predicted octanol–water partition coefficient (Wildman–Crippen LogP) is -3.87. The zero-order chi connectivity index (χ0) is 36.6. The van der Waals surface area contributed by atoms with Crippen molar-refractivity contribution in [3.63, 3.8) is 0 Å². The van der Waals surface area contributed by atoms with Crippen molar-refractivity contribution in [2.75, 3.05) is 13.1 Å². The Labute approximate surface area is 268 Å². The molecule has 0 saturated heterocycles. The van der Waals surface area contributed by atoms with E-state index in [1.807, 2.05) is 10.6 Å². The van der Waals surface area contributed by atoms with Gasteiger partial charge in [-0.1, -0.05) is 13.8 Å². The summed E-state index contributed by atoms with van der Waals surface area (Å²) >= 11 is 0. The molecule has 0 aromatic carbocycles. The predicted molar refractivity (Wildman–Crippen MR) is 156 cm³/mol. The summed E-state index contributed by atoms with van der Waals surface area (Å²) in [5.41, 5.74) is 4.20. The normalized spacial score (nSPS) is 13.4. The van der Waals surface area contributed by atoms with Crippen LogP contribution in [0.3, 0.4) is 0 Å². The topological polar surface area (TPSA) is 339 Å². The van der Waals surface area contributed by atoms with E-state index in [0.29, 0.717) is 0 Å². The number of nitrogens with one attached hydrogen (secondary N) is 6. The molecule has 21 heteroatoms. The third kappa shape index (κ3) is 18.2. The summed E-state index contributed by atoms with van der Waals surface area (Å²) in [6, 6.07) is -6.57. The van der Waals surface area contributed by atoms with Crippen molar-refractivity contribution in [1.82, 2.24) is 31.9 Å². The van der Waals surface area contributed by atoms with Gasteiger partial charge >= 0.3 is 24.0 Å². The first kappa shape index (κ1) is 41.5. The van der Waals surface area contributed by atoms with E-state index in [9.17, 15) is 53.1 Å². The molecule has 0 spiro atoms. The van der Waals surface area contributed by atoms with Gasteiger partial charge in [0.05, 0.1) is 25.8 Å². The Balaban J connectivity index is 5.67. The highest BCUT2D eigenvalue weighted by Crippen LogP contribution is 2.09. The van der Waals surface area contributed by atoms with Gasteiger partial charge in [0.15, 0.2) is 0 Å². The first-order valence-corrected chi connectivity index (χ1v) is 13.9. The molecule has 0 radical (unpaired) electrons. The number of carbonyl (C=O) groups excluding carboxylic acids is 7. The Hall–Kier alpha value is -5.50. The van der Waals surface area contributed by atoms with E-state index in [1.165, 1.54) is 34.6 Å². The summed E-state index contributed by atoms with van der Waals surface area (Å²) in [5, 5.41) is 39.4. The molecule has 0 aliphatic heterocycles. The third-order valence-electron chi connectivity index (χ3n) is 5.54. The lowest BCUT2D eigenvalue weighted by Crippen LogP contribution is -2.59. The number of ether oxygens (including phenoxy) is 1. The molecule has 0 aliphatic carbocycles. The van der Waals surface area contributed by atoms with Crippen LogP contribution in [0.2, 0.25) is 0 Å². The second-order valence-corrected chi connectivity index (χ2v) is 11.3. The molecule has 11 N–H and O–H groups in total. The molecule has 0 heterocycles. The molecule has 0 rings (SSSR count). The van der Waals surface area contributed by atoms with Crippen LogP contribution >= 0.6 is 0 Å². The highest BCUT2D eigenvalue weighted by molar-refractivity contribution is 5.98. The summed E-state index contributed by atoms with van der Waals surface area (Å²) in [4.78, 5) is 120. The number of hydrogen-bond acceptors (Lipinski definition) is 11. The number of hydrogen-bond donors (Lipinski definition) is 10. The van der Waals surface area contributed by atoms with E-state index < -0.39 is 127 Å². The lowest BCUT2D eigenvalue weighted by Gasteiger charge is -2.27. The molecule has 7 amide bonds. The second-order valence-electron chi connectivity index (χ2n) is 11.3. The summed E-state index contributed by atoms with van der Waals surface area (Å²) in [7, 11) is 0. The van der Waals surface area contributed by atoms with Crippen LogP contribution in [0, 0.1) is 5.92 Å². The molecule has 0 bridgehead atoms. The number of rotatable bonds is 19. The molecule has 21 nitrogen and oxygen atoms in total. The summed E-state index contributed by atoms with van der Waals surface area (Å²) in [6.07, 6.45) is -3.73. The molecule has 4 unspecified atom stereocenters. The molecule has 0 saturated carbocycles. The Kier molecular flexibility index (Phi) is 16.9. The zero-order valence-corrected chi connectivity index (χ0v) is 26.3. The Bertz CT molecular complexity index is 1230. The number of carbonyl (C=O) groups is 10. The van der Waals surface area contributed by atoms with Crippen molar-refractivity contribution in [3.8, 4) is 0 Å². The highest BCUT2D eigenvalue weighted by Gasteiger charge is 2.34. The maximum atomic E-state index is 13.1. The van der Waals surface area contributed by atoms with Gasteiger partial charge in [0.25, 0.3) is 0 Å². The van der Waals surface area contributed by atoms with Crippen LogP contribution in [0.15, 0.2) is 0 Å². The molecule has 4 atom stereocenters. The standard InChI is InChI=1S/C26H41N7O14/c1-11(2)20(33-23(44)14(8-18(38)39)32-25(46)47-26(3,4)5)24(45)31-12(6-15(27)34)21(42)28-9-16(35)30-13(7-17(36)37)22(43)29-10-19(40)41/h11-14,20H,6-10H2,1-5H3,(H2,27,34)(H,28,42)(H,29,43)(H,30,35)(H,31,45)(H,32,46)(H,33,44)(H,36,37)(H,38,39)(H,40,41). The number of carboxylic acid groups (broad SMARTS) is 3. The Morgan fingerprint density at radius 3 is 1.51 bits per heavy atom. The van der Waals surface area contributed by atoms with Gasteiger partial charge in [-0.15, -0.1) is 0 Å². The van der Waals surface area contributed by atoms with Gasteiger partial charge in [0.1, 0.15) is 36.3 Å². The molecule has 264 valence electrons. The molecule has 0 aliphatic rings. The molecule has 0 fully saturated rings. The van der Waals surface area contributed by atoms with Crippen LogP contribution < -0.4 is 37.6 Å². The number of carboxylic acids is 3. The fourth-order valence-corrected chi connectivity index (χ4v) is 3.50. The first-order chi connectivity index (χ1) is 21.5. The minimum Gasteiger partial charge on any atom is -0.481 e. The van der Waals surface area contributed by atoms with Gasteiger partial charge in [0, 0.05) is 0 Å². The van der Waals surface area contributed by atoms with Crippen molar-refractivity contribution in [2.24, 2.45) is 11.7 Å². The van der Waals surface area contributed by atoms with Crippen LogP contribution in [0.5, 0.6) is 0 Å². The van der Waals surface area contributed by atoms with Crippen LogP contribution in [0.25, 0.3) is 0 Å². The van der Waals surface area contributed by atoms with Crippen molar-refractivity contribution < 1.29 is 68.0 Å². The highest BCUT2D eigenvalue weighted by atomic mass is 16.6. The minimum absolute atomic E-state index is 0.701. The molecular weight excluding hydrogens is 634 g/mol. The monoisotopic (exact) mass is 675 g/mol. The van der Waals surface area contributed by atoms with E-state index in [-0.39, 0.29) is 0 Å². The van der Waals surface area contributed by atoms with Gasteiger partial charge in [-0.2, -0.15) is 0 Å². The van der Waals surface area contributed by atoms with Crippen LogP contribution in [-0.4, -0.2) is 118 Å². The fraction of sp³-hybridized carbons (Fsp3) is 0.615. The number of primary amides is 1. The largest absolute Gasteiger partial charge is 0.481 e. The molecule has 47 heavy (non-hydrogen) atoms. The van der Waals surface area contributed by atoms with Gasteiger partial charge in [-0.05, 0) is 26.7 Å². The van der Waals surface area contributed by atoms with Gasteiger partial charge < -0.3 is 57.7 Å². The number of amides is 7. The summed E-state index contributed by atoms with van der Waals surface area (Å²) < 4.78 is 5.04. The summed E-state index contributed by atoms with van der Waals surface area (Å²) in [6.45, 7) is 5.78. The quantitative estimate of drug-likeness (QED) is 0.0626. The average Bonchev–Trinajstić information content (AvgIpc) is 2.89. The maximum Gasteiger partial charge on any atom is 0.408 e. The van der Waals surface area contributed by atoms with Crippen LogP contribution in [0.1, 0.15) is 53.9 Å². The molecule has 0 aromatic heterocycles. The zero-order valence-electron chi connectivity index (χ0n) is 26.3. The van der Waals surface area contributed by atoms with Gasteiger partial charge in [-0.3, -0.25) is 43.2 Å². The Morgan fingerprint density at radius 2 is 1.09 bits per heavy atom. The van der Waals surface area contributed by atoms with Gasteiger partial charge in [0.2, 0.25) is 35.4 Å². The van der Waals surface area contributed by atoms with Crippen molar-refractivity contribution in [2.45, 2.75) is 83.6 Å². The average molecular weight is 676 g/mol. The van der Waals surface area contributed by atoms with Crippen molar-refractivity contribution >= 4 is 59.4 Å². The number of alkyl carbamates (subject to hydrolysis) is 1. The van der Waals surface area contributed by atoms with Gasteiger partial charge in [-0.25, -0.2) is 4.79 Å². The van der Waals surface area contributed by atoms with Crippen LogP contribution in [-0.2, 0) is 47.9 Å². The maximum absolute atomic E-state index is 13.1. The third-order valence-corrected chi connectivity index (χ3v) is 5.54. The minimum atomic E-state index is -1.72. The number of nitrogens with two attached hydrogens (primary N) is 1. The lowest BCUT2D eigenvalue weighted by molar-refractivity contribution is -0.141. The van der Waals surface area contributed by atoms with Crippen molar-refractivity contribution in [1.29, 1.82) is 0 Å². The van der Waals surface area contributed by atoms with Crippen LogP contribution in [0.4, 0.5) is 4.79 Å².